The summed E-state index contributed by atoms with van der Waals surface area (Å²) in [6.45, 7) is 0.337. The zero-order valence-corrected chi connectivity index (χ0v) is 17.4. The maximum atomic E-state index is 12.9. The van der Waals surface area contributed by atoms with Crippen LogP contribution in [0.3, 0.4) is 0 Å². The number of fused-ring (bicyclic) bond motifs is 1. The highest BCUT2D eigenvalue weighted by Gasteiger charge is 2.36. The van der Waals surface area contributed by atoms with Crippen molar-refractivity contribution in [2.24, 2.45) is 5.92 Å². The quantitative estimate of drug-likeness (QED) is 0.496. The number of alkyl halides is 3. The summed E-state index contributed by atoms with van der Waals surface area (Å²) in [5.74, 6) is -1.77. The molecule has 0 spiro atoms. The zero-order chi connectivity index (χ0) is 23.6. The second-order valence-corrected chi connectivity index (χ2v) is 7.78. The number of amides is 3. The van der Waals surface area contributed by atoms with Gasteiger partial charge < -0.3 is 20.5 Å². The molecule has 1 aliphatic heterocycles. The first-order chi connectivity index (χ1) is 15.7. The third-order valence-corrected chi connectivity index (χ3v) is 5.51. The van der Waals surface area contributed by atoms with E-state index >= 15 is 0 Å². The molecule has 4 rings (SSSR count). The summed E-state index contributed by atoms with van der Waals surface area (Å²) in [7, 11) is 0. The van der Waals surface area contributed by atoms with E-state index in [0.29, 0.717) is 5.56 Å². The average molecular weight is 458 g/mol. The highest BCUT2D eigenvalue weighted by atomic mass is 19.4. The van der Waals surface area contributed by atoms with E-state index in [0.717, 1.165) is 23.0 Å². The first-order valence-corrected chi connectivity index (χ1v) is 10.3. The van der Waals surface area contributed by atoms with Crippen LogP contribution in [0.1, 0.15) is 22.3 Å². The predicted molar refractivity (Wildman–Crippen MR) is 116 cm³/mol. The van der Waals surface area contributed by atoms with Crippen LogP contribution in [-0.2, 0) is 15.8 Å². The van der Waals surface area contributed by atoms with Crippen molar-refractivity contribution in [2.45, 2.75) is 12.6 Å². The molecule has 0 saturated carbocycles. The zero-order valence-electron chi connectivity index (χ0n) is 17.4. The molecule has 1 fully saturated rings. The Morgan fingerprint density at radius 2 is 1.85 bits per heavy atom. The van der Waals surface area contributed by atoms with Crippen LogP contribution in [0.25, 0.3) is 10.9 Å². The number of H-pyrrole nitrogens is 1. The van der Waals surface area contributed by atoms with Crippen molar-refractivity contribution >= 4 is 34.3 Å². The van der Waals surface area contributed by atoms with Gasteiger partial charge in [-0.15, -0.1) is 0 Å². The Labute approximate surface area is 186 Å². The summed E-state index contributed by atoms with van der Waals surface area (Å²) in [5, 5.41) is 6.37. The third-order valence-electron chi connectivity index (χ3n) is 5.51. The van der Waals surface area contributed by atoms with Crippen LogP contribution in [0, 0.1) is 5.92 Å². The van der Waals surface area contributed by atoms with Crippen molar-refractivity contribution in [3.63, 3.8) is 0 Å². The summed E-state index contributed by atoms with van der Waals surface area (Å²) in [6.07, 6.45) is -2.83. The molecule has 2 heterocycles. The Morgan fingerprint density at radius 1 is 1.06 bits per heavy atom. The Balaban J connectivity index is 1.27. The SMILES string of the molecule is O=C(NCCNC(=O)C1CC(=O)N(c2cccc(C(F)(F)F)c2)C1)c1ccc2cc[nH]c2c1. The lowest BCUT2D eigenvalue weighted by atomic mass is 10.1. The van der Waals surface area contributed by atoms with Crippen molar-refractivity contribution in [2.75, 3.05) is 24.5 Å². The van der Waals surface area contributed by atoms with Gasteiger partial charge in [0.25, 0.3) is 5.91 Å². The number of carbonyl (C=O) groups is 3. The molecule has 1 aliphatic rings. The summed E-state index contributed by atoms with van der Waals surface area (Å²) < 4.78 is 38.8. The molecule has 172 valence electrons. The van der Waals surface area contributed by atoms with Crippen LogP contribution >= 0.6 is 0 Å². The highest BCUT2D eigenvalue weighted by molar-refractivity contribution is 6.00. The smallest absolute Gasteiger partial charge is 0.361 e. The molecule has 0 aliphatic carbocycles. The molecule has 33 heavy (non-hydrogen) atoms. The Bertz CT molecular complexity index is 1200. The summed E-state index contributed by atoms with van der Waals surface area (Å²) in [5.41, 5.74) is 0.574. The first-order valence-electron chi connectivity index (χ1n) is 10.3. The summed E-state index contributed by atoms with van der Waals surface area (Å²) in [4.78, 5) is 41.3. The van der Waals surface area contributed by atoms with Gasteiger partial charge in [0.1, 0.15) is 0 Å². The number of hydrogen-bond acceptors (Lipinski definition) is 3. The van der Waals surface area contributed by atoms with Crippen molar-refractivity contribution < 1.29 is 27.6 Å². The van der Waals surface area contributed by atoms with Gasteiger partial charge in [0.15, 0.2) is 0 Å². The molecule has 1 unspecified atom stereocenters. The lowest BCUT2D eigenvalue weighted by molar-refractivity contribution is -0.137. The molecule has 3 amide bonds. The minimum absolute atomic E-state index is 0.00546. The molecule has 1 aromatic heterocycles. The maximum Gasteiger partial charge on any atom is 0.416 e. The molecule has 3 N–H and O–H groups in total. The number of carbonyl (C=O) groups excluding carboxylic acids is 3. The number of anilines is 1. The molecule has 7 nitrogen and oxygen atoms in total. The normalized spacial score (nSPS) is 16.3. The Kier molecular flexibility index (Phi) is 6.08. The number of aromatic amines is 1. The fraction of sp³-hybridized carbons (Fsp3) is 0.261. The standard InChI is InChI=1S/C23H21F3N4O3/c24-23(25,26)17-2-1-3-18(12-17)30-13-16(11-20(30)31)22(33)29-9-8-28-21(32)15-5-4-14-6-7-27-19(14)10-15/h1-7,10,12,16,27H,8-9,11,13H2,(H,28,32)(H,29,33). The van der Waals surface area contributed by atoms with Gasteiger partial charge in [0, 0.05) is 49.0 Å². The monoisotopic (exact) mass is 458 g/mol. The van der Waals surface area contributed by atoms with Gasteiger partial charge in [-0.05, 0) is 41.8 Å². The lowest BCUT2D eigenvalue weighted by Gasteiger charge is -2.18. The first kappa shape index (κ1) is 22.4. The maximum absolute atomic E-state index is 12.9. The van der Waals surface area contributed by atoms with Crippen molar-refractivity contribution in [1.82, 2.24) is 15.6 Å². The highest BCUT2D eigenvalue weighted by Crippen LogP contribution is 2.33. The number of nitrogens with one attached hydrogen (secondary N) is 3. The minimum Gasteiger partial charge on any atom is -0.361 e. The second kappa shape index (κ2) is 8.97. The number of halogens is 3. The largest absolute Gasteiger partial charge is 0.416 e. The third kappa shape index (κ3) is 5.00. The Hall–Kier alpha value is -3.82. The van der Waals surface area contributed by atoms with Gasteiger partial charge >= 0.3 is 6.18 Å². The molecule has 1 atom stereocenters. The molecule has 1 saturated heterocycles. The van der Waals surface area contributed by atoms with Crippen LogP contribution in [0.15, 0.2) is 54.7 Å². The van der Waals surface area contributed by atoms with E-state index in [4.69, 9.17) is 0 Å². The predicted octanol–water partition coefficient (Wildman–Crippen LogP) is 3.09. The molecule has 3 aromatic rings. The molecule has 0 radical (unpaired) electrons. The fourth-order valence-corrected chi connectivity index (χ4v) is 3.78. The second-order valence-electron chi connectivity index (χ2n) is 7.78. The van der Waals surface area contributed by atoms with Crippen LogP contribution in [0.4, 0.5) is 18.9 Å². The number of rotatable bonds is 6. The average Bonchev–Trinajstić information content (AvgIpc) is 3.41. The fourth-order valence-electron chi connectivity index (χ4n) is 3.78. The van der Waals surface area contributed by atoms with Gasteiger partial charge in [-0.1, -0.05) is 12.1 Å². The van der Waals surface area contributed by atoms with Gasteiger partial charge in [-0.3, -0.25) is 14.4 Å². The summed E-state index contributed by atoms with van der Waals surface area (Å²) >= 11 is 0. The molecule has 10 heteroatoms. The van der Waals surface area contributed by atoms with Gasteiger partial charge in [-0.2, -0.15) is 13.2 Å². The van der Waals surface area contributed by atoms with Crippen molar-refractivity contribution in [1.29, 1.82) is 0 Å². The van der Waals surface area contributed by atoms with Crippen molar-refractivity contribution in [3.8, 4) is 0 Å². The molecular weight excluding hydrogens is 437 g/mol. The van der Waals surface area contributed by atoms with E-state index < -0.39 is 23.6 Å². The number of nitrogens with zero attached hydrogens (tertiary/aromatic N) is 1. The van der Waals surface area contributed by atoms with E-state index in [9.17, 15) is 27.6 Å². The minimum atomic E-state index is -4.52. The Morgan fingerprint density at radius 3 is 2.64 bits per heavy atom. The molecule has 2 aromatic carbocycles. The van der Waals surface area contributed by atoms with Gasteiger partial charge in [-0.25, -0.2) is 0 Å². The van der Waals surface area contributed by atoms with Crippen molar-refractivity contribution in [3.05, 3.63) is 65.9 Å². The number of hydrogen-bond donors (Lipinski definition) is 3. The van der Waals surface area contributed by atoms with Gasteiger partial charge in [0.2, 0.25) is 11.8 Å². The van der Waals surface area contributed by atoms with Crippen LogP contribution in [0.5, 0.6) is 0 Å². The van der Waals surface area contributed by atoms with Crippen LogP contribution in [-0.4, -0.2) is 42.3 Å². The molecular formula is C23H21F3N4O3. The van der Waals surface area contributed by atoms with E-state index in [1.165, 1.54) is 17.0 Å². The van der Waals surface area contributed by atoms with E-state index in [1.807, 2.05) is 12.1 Å². The van der Waals surface area contributed by atoms with Crippen LogP contribution in [0.2, 0.25) is 0 Å². The van der Waals surface area contributed by atoms with E-state index in [2.05, 4.69) is 15.6 Å². The topological polar surface area (TPSA) is 94.3 Å². The summed E-state index contributed by atoms with van der Waals surface area (Å²) in [6, 6.07) is 11.6. The molecule has 0 bridgehead atoms. The van der Waals surface area contributed by atoms with E-state index in [-0.39, 0.29) is 43.6 Å². The lowest BCUT2D eigenvalue weighted by Crippen LogP contribution is -2.38. The van der Waals surface area contributed by atoms with Gasteiger partial charge in [0.05, 0.1) is 11.5 Å². The van der Waals surface area contributed by atoms with Crippen LogP contribution < -0.4 is 15.5 Å². The number of benzene rings is 2. The number of aromatic nitrogens is 1. The van der Waals surface area contributed by atoms with E-state index in [1.54, 1.807) is 18.3 Å².